The number of methoxy groups -OCH3 is 1. The minimum absolute atomic E-state index is 0.0462. The van der Waals surface area contributed by atoms with Crippen LogP contribution in [0.5, 0.6) is 0 Å². The van der Waals surface area contributed by atoms with Gasteiger partial charge in [0.15, 0.2) is 0 Å². The molecule has 0 amide bonds. The summed E-state index contributed by atoms with van der Waals surface area (Å²) >= 11 is 4.81. The first kappa shape index (κ1) is 16.0. The van der Waals surface area contributed by atoms with Gasteiger partial charge in [-0.3, -0.25) is 4.90 Å². The Morgan fingerprint density at radius 3 is 2.79 bits per heavy atom. The Kier molecular flexibility index (Phi) is 6.86. The normalized spacial score (nSPS) is 10.9. The van der Waals surface area contributed by atoms with E-state index in [1.54, 1.807) is 19.2 Å². The van der Waals surface area contributed by atoms with Gasteiger partial charge in [-0.25, -0.2) is 4.39 Å². The Morgan fingerprint density at radius 2 is 2.21 bits per heavy atom. The third-order valence-electron chi connectivity index (χ3n) is 2.73. The van der Waals surface area contributed by atoms with E-state index in [0.717, 1.165) is 5.56 Å². The van der Waals surface area contributed by atoms with Crippen LogP contribution < -0.4 is 5.73 Å². The molecule has 0 unspecified atom stereocenters. The van der Waals surface area contributed by atoms with Crippen molar-refractivity contribution in [3.63, 3.8) is 0 Å². The third-order valence-corrected chi connectivity index (χ3v) is 2.95. The lowest BCUT2D eigenvalue weighted by Crippen LogP contribution is -2.30. The molecule has 0 radical (unpaired) electrons. The number of aliphatic hydroxyl groups is 1. The number of nitrogens with zero attached hydrogens (tertiary/aromatic N) is 1. The maximum absolute atomic E-state index is 13.5. The number of rotatable bonds is 8. The van der Waals surface area contributed by atoms with Crippen LogP contribution in [0.25, 0.3) is 0 Å². The van der Waals surface area contributed by atoms with Crippen LogP contribution in [0.1, 0.15) is 11.1 Å². The lowest BCUT2D eigenvalue weighted by molar-refractivity contribution is 0.127. The number of hydrogen-bond acceptors (Lipinski definition) is 4. The zero-order chi connectivity index (χ0) is 14.3. The van der Waals surface area contributed by atoms with Gasteiger partial charge in [-0.2, -0.15) is 0 Å². The van der Waals surface area contributed by atoms with Crippen LogP contribution in [0.4, 0.5) is 4.39 Å². The Labute approximate surface area is 118 Å². The molecule has 0 fully saturated rings. The first-order chi connectivity index (χ1) is 9.08. The van der Waals surface area contributed by atoms with Crippen molar-refractivity contribution in [3.05, 3.63) is 35.1 Å². The van der Waals surface area contributed by atoms with Crippen molar-refractivity contribution in [1.29, 1.82) is 0 Å². The fourth-order valence-corrected chi connectivity index (χ4v) is 1.91. The van der Waals surface area contributed by atoms with Gasteiger partial charge in [-0.05, 0) is 17.7 Å². The number of aliphatic hydroxyl groups excluding tert-OH is 1. The molecular formula is C13H19FN2O2S. The van der Waals surface area contributed by atoms with E-state index in [0.29, 0.717) is 26.2 Å². The van der Waals surface area contributed by atoms with Crippen molar-refractivity contribution in [2.75, 3.05) is 33.4 Å². The van der Waals surface area contributed by atoms with Crippen molar-refractivity contribution in [1.82, 2.24) is 4.90 Å². The monoisotopic (exact) mass is 286 g/mol. The number of ether oxygens (including phenoxy) is 1. The van der Waals surface area contributed by atoms with Crippen molar-refractivity contribution in [2.24, 2.45) is 5.73 Å². The Morgan fingerprint density at radius 1 is 1.47 bits per heavy atom. The summed E-state index contributed by atoms with van der Waals surface area (Å²) in [6.45, 7) is 2.44. The van der Waals surface area contributed by atoms with Crippen LogP contribution in [-0.4, -0.2) is 48.4 Å². The highest BCUT2D eigenvalue weighted by Crippen LogP contribution is 2.12. The van der Waals surface area contributed by atoms with E-state index in [-0.39, 0.29) is 17.2 Å². The molecule has 1 rings (SSSR count). The Bertz CT molecular complexity index is 429. The van der Waals surface area contributed by atoms with Crippen molar-refractivity contribution >= 4 is 17.2 Å². The van der Waals surface area contributed by atoms with Crippen molar-refractivity contribution < 1.29 is 14.2 Å². The topological polar surface area (TPSA) is 58.7 Å². The molecule has 0 saturated carbocycles. The molecule has 0 aliphatic carbocycles. The predicted octanol–water partition coefficient (Wildman–Crippen LogP) is 0.901. The first-order valence-corrected chi connectivity index (χ1v) is 6.39. The molecule has 6 heteroatoms. The van der Waals surface area contributed by atoms with Crippen LogP contribution in [0.2, 0.25) is 0 Å². The average molecular weight is 286 g/mol. The maximum Gasteiger partial charge on any atom is 0.133 e. The van der Waals surface area contributed by atoms with Gasteiger partial charge in [0.1, 0.15) is 10.8 Å². The molecular weight excluding hydrogens is 267 g/mol. The van der Waals surface area contributed by atoms with Gasteiger partial charge in [-0.1, -0.05) is 18.3 Å². The van der Waals surface area contributed by atoms with Crippen LogP contribution in [0.15, 0.2) is 18.2 Å². The van der Waals surface area contributed by atoms with E-state index < -0.39 is 5.82 Å². The van der Waals surface area contributed by atoms with Crippen LogP contribution in [0, 0.1) is 5.82 Å². The van der Waals surface area contributed by atoms with Gasteiger partial charge in [0, 0.05) is 32.3 Å². The fraction of sp³-hybridized carbons (Fsp3) is 0.462. The second-order valence-electron chi connectivity index (χ2n) is 4.17. The largest absolute Gasteiger partial charge is 0.395 e. The second-order valence-corrected chi connectivity index (χ2v) is 4.61. The van der Waals surface area contributed by atoms with Gasteiger partial charge in [0.25, 0.3) is 0 Å². The summed E-state index contributed by atoms with van der Waals surface area (Å²) in [5.74, 6) is -0.415. The van der Waals surface area contributed by atoms with E-state index in [9.17, 15) is 4.39 Å². The number of nitrogens with two attached hydrogens (primary N) is 1. The van der Waals surface area contributed by atoms with Gasteiger partial charge in [0.2, 0.25) is 0 Å². The van der Waals surface area contributed by atoms with E-state index >= 15 is 0 Å². The quantitative estimate of drug-likeness (QED) is 0.695. The molecule has 0 saturated heterocycles. The van der Waals surface area contributed by atoms with Crippen LogP contribution in [-0.2, 0) is 11.3 Å². The van der Waals surface area contributed by atoms with Crippen LogP contribution >= 0.6 is 12.2 Å². The molecule has 1 aromatic rings. The second kappa shape index (κ2) is 8.16. The molecule has 106 valence electrons. The minimum Gasteiger partial charge on any atom is -0.395 e. The highest BCUT2D eigenvalue weighted by Gasteiger charge is 2.09. The summed E-state index contributed by atoms with van der Waals surface area (Å²) in [5, 5.41) is 9.02. The van der Waals surface area contributed by atoms with E-state index in [4.69, 9.17) is 27.8 Å². The molecule has 4 nitrogen and oxygen atoms in total. The van der Waals surface area contributed by atoms with Gasteiger partial charge in [0.05, 0.1) is 13.2 Å². The molecule has 3 N–H and O–H groups in total. The van der Waals surface area contributed by atoms with Gasteiger partial charge >= 0.3 is 0 Å². The number of benzene rings is 1. The van der Waals surface area contributed by atoms with E-state index in [1.807, 2.05) is 4.90 Å². The zero-order valence-electron chi connectivity index (χ0n) is 10.9. The molecule has 0 aromatic heterocycles. The molecule has 1 aromatic carbocycles. The molecule has 0 spiro atoms. The summed E-state index contributed by atoms with van der Waals surface area (Å²) in [4.78, 5) is 2.06. The smallest absolute Gasteiger partial charge is 0.133 e. The van der Waals surface area contributed by atoms with Crippen LogP contribution in [0.3, 0.4) is 0 Å². The first-order valence-electron chi connectivity index (χ1n) is 5.99. The number of thiocarbonyl (C=S) groups is 1. The maximum atomic E-state index is 13.5. The number of halogens is 1. The third kappa shape index (κ3) is 5.20. The summed E-state index contributed by atoms with van der Waals surface area (Å²) in [7, 11) is 1.62. The lowest BCUT2D eigenvalue weighted by Gasteiger charge is -2.21. The molecule has 0 heterocycles. The lowest BCUT2D eigenvalue weighted by atomic mass is 10.1. The summed E-state index contributed by atoms with van der Waals surface area (Å²) in [5.41, 5.74) is 6.62. The highest BCUT2D eigenvalue weighted by atomic mass is 32.1. The van der Waals surface area contributed by atoms with E-state index in [1.165, 1.54) is 6.07 Å². The highest BCUT2D eigenvalue weighted by molar-refractivity contribution is 7.80. The SMILES string of the molecule is COCCN(CCO)Cc1ccc(F)c(C(N)=S)c1. The Balaban J connectivity index is 2.78. The number of hydrogen-bond donors (Lipinski definition) is 2. The predicted molar refractivity (Wildman–Crippen MR) is 76.5 cm³/mol. The van der Waals surface area contributed by atoms with Gasteiger partial charge in [-0.15, -0.1) is 0 Å². The van der Waals surface area contributed by atoms with E-state index in [2.05, 4.69) is 0 Å². The minimum atomic E-state index is -0.415. The van der Waals surface area contributed by atoms with Crippen molar-refractivity contribution in [3.8, 4) is 0 Å². The standard InChI is InChI=1S/C13H19FN2O2S/c1-18-7-5-16(4-6-17)9-10-2-3-12(14)11(8-10)13(15)19/h2-3,8,17H,4-7,9H2,1H3,(H2,15,19). The Hall–Kier alpha value is -1.08. The van der Waals surface area contributed by atoms with Crippen molar-refractivity contribution in [2.45, 2.75) is 6.54 Å². The average Bonchev–Trinajstić information content (AvgIpc) is 2.38. The molecule has 0 aliphatic heterocycles. The molecule has 0 aliphatic rings. The molecule has 0 atom stereocenters. The fourth-order valence-electron chi connectivity index (χ4n) is 1.75. The van der Waals surface area contributed by atoms with Gasteiger partial charge < -0.3 is 15.6 Å². The molecule has 0 bridgehead atoms. The summed E-state index contributed by atoms with van der Waals surface area (Å²) < 4.78 is 18.5. The summed E-state index contributed by atoms with van der Waals surface area (Å²) in [6, 6.07) is 4.69. The zero-order valence-corrected chi connectivity index (χ0v) is 11.8. The molecule has 19 heavy (non-hydrogen) atoms. The summed E-state index contributed by atoms with van der Waals surface area (Å²) in [6.07, 6.45) is 0.